The Kier molecular flexibility index (Phi) is 3.94. The van der Waals surface area contributed by atoms with E-state index in [1.807, 2.05) is 13.1 Å². The highest BCUT2D eigenvalue weighted by Gasteiger charge is 2.33. The fourth-order valence-electron chi connectivity index (χ4n) is 3.17. The summed E-state index contributed by atoms with van der Waals surface area (Å²) >= 11 is 4.59. The molecule has 12 heteroatoms. The maximum atomic E-state index is 13.2. The molecule has 5 rings (SSSR count). The number of hydrogen-bond donors (Lipinski definition) is 0. The standard InChI is InChI=1S/C17H11BrF3N7S/c1-3-27-5-8(18)11(25-27)14-24-15-13-12(22-6-28(15)26-14)10-7(2)4-9(17(19,20)21)23-16(10)29-13/h4-6H,3H2,1-2H3. The zero-order valence-corrected chi connectivity index (χ0v) is 17.4. The highest BCUT2D eigenvalue weighted by Crippen LogP contribution is 2.38. The van der Waals surface area contributed by atoms with E-state index in [4.69, 9.17) is 0 Å². The van der Waals surface area contributed by atoms with Crippen molar-refractivity contribution in [1.29, 1.82) is 0 Å². The molecule has 0 amide bonds. The van der Waals surface area contributed by atoms with Gasteiger partial charge in [0.1, 0.15) is 27.2 Å². The summed E-state index contributed by atoms with van der Waals surface area (Å²) in [6.45, 7) is 4.29. The van der Waals surface area contributed by atoms with E-state index >= 15 is 0 Å². The molecule has 0 radical (unpaired) electrons. The Balaban J connectivity index is 1.78. The average molecular weight is 482 g/mol. The van der Waals surface area contributed by atoms with E-state index in [0.717, 1.165) is 21.9 Å². The molecule has 0 aromatic carbocycles. The number of rotatable bonds is 2. The molecule has 0 saturated heterocycles. The number of aryl methyl sites for hydroxylation is 2. The first-order valence-corrected chi connectivity index (χ1v) is 10.1. The third-order valence-electron chi connectivity index (χ3n) is 4.51. The van der Waals surface area contributed by atoms with Crippen molar-refractivity contribution in [2.75, 3.05) is 0 Å². The molecule has 0 bridgehead atoms. The van der Waals surface area contributed by atoms with E-state index in [9.17, 15) is 13.2 Å². The predicted octanol–water partition coefficient (Wildman–Crippen LogP) is 4.86. The molecule has 0 N–H and O–H groups in total. The molecule has 0 aliphatic rings. The third kappa shape index (κ3) is 2.81. The minimum atomic E-state index is -4.51. The minimum absolute atomic E-state index is 0.272. The molecule has 0 atom stereocenters. The van der Waals surface area contributed by atoms with E-state index in [2.05, 4.69) is 41.1 Å². The molecular formula is C17H11BrF3N7S. The third-order valence-corrected chi connectivity index (χ3v) is 6.16. The topological polar surface area (TPSA) is 73.8 Å². The normalized spacial score (nSPS) is 12.6. The van der Waals surface area contributed by atoms with Crippen LogP contribution in [0.3, 0.4) is 0 Å². The second-order valence-corrected chi connectivity index (χ2v) is 8.26. The summed E-state index contributed by atoms with van der Waals surface area (Å²) in [4.78, 5) is 13.1. The van der Waals surface area contributed by atoms with Crippen LogP contribution in [0.5, 0.6) is 0 Å². The Labute approximate surface area is 173 Å². The lowest BCUT2D eigenvalue weighted by atomic mass is 10.1. The van der Waals surface area contributed by atoms with Crippen LogP contribution in [0.4, 0.5) is 13.2 Å². The molecular weight excluding hydrogens is 471 g/mol. The smallest absolute Gasteiger partial charge is 0.271 e. The van der Waals surface area contributed by atoms with Gasteiger partial charge in [0, 0.05) is 18.1 Å². The fourth-order valence-corrected chi connectivity index (χ4v) is 4.84. The fraction of sp³-hybridized carbons (Fsp3) is 0.235. The lowest BCUT2D eigenvalue weighted by Gasteiger charge is -2.06. The Morgan fingerprint density at radius 1 is 1.21 bits per heavy atom. The Bertz CT molecular complexity index is 1420. The van der Waals surface area contributed by atoms with E-state index in [0.29, 0.717) is 44.9 Å². The Morgan fingerprint density at radius 3 is 2.69 bits per heavy atom. The zero-order valence-electron chi connectivity index (χ0n) is 15.0. The van der Waals surface area contributed by atoms with Crippen LogP contribution in [0.1, 0.15) is 18.2 Å². The van der Waals surface area contributed by atoms with Crippen LogP contribution in [0.2, 0.25) is 0 Å². The first-order chi connectivity index (χ1) is 13.8. The van der Waals surface area contributed by atoms with Crippen molar-refractivity contribution in [2.45, 2.75) is 26.6 Å². The summed E-state index contributed by atoms with van der Waals surface area (Å²) in [6, 6.07) is 1.05. The van der Waals surface area contributed by atoms with Gasteiger partial charge in [-0.3, -0.25) is 4.68 Å². The van der Waals surface area contributed by atoms with E-state index in [1.54, 1.807) is 11.6 Å². The number of aromatic nitrogens is 7. The van der Waals surface area contributed by atoms with Crippen molar-refractivity contribution >= 4 is 53.3 Å². The van der Waals surface area contributed by atoms with Crippen LogP contribution in [-0.4, -0.2) is 34.3 Å². The lowest BCUT2D eigenvalue weighted by molar-refractivity contribution is -0.141. The van der Waals surface area contributed by atoms with Crippen LogP contribution >= 0.6 is 27.3 Å². The van der Waals surface area contributed by atoms with Gasteiger partial charge in [-0.2, -0.15) is 18.3 Å². The number of fused-ring (bicyclic) bond motifs is 5. The van der Waals surface area contributed by atoms with Gasteiger partial charge in [-0.1, -0.05) is 0 Å². The summed E-state index contributed by atoms with van der Waals surface area (Å²) in [6.07, 6.45) is -1.17. The highest BCUT2D eigenvalue weighted by atomic mass is 79.9. The highest BCUT2D eigenvalue weighted by molar-refractivity contribution is 9.10. The maximum absolute atomic E-state index is 13.2. The molecule has 0 spiro atoms. The van der Waals surface area contributed by atoms with Gasteiger partial charge in [0.15, 0.2) is 5.65 Å². The molecule has 0 fully saturated rings. The van der Waals surface area contributed by atoms with Gasteiger partial charge in [-0.05, 0) is 41.4 Å². The van der Waals surface area contributed by atoms with E-state index < -0.39 is 11.9 Å². The molecule has 5 aromatic heterocycles. The molecule has 0 aliphatic heterocycles. The van der Waals surface area contributed by atoms with Crippen LogP contribution < -0.4 is 0 Å². The number of alkyl halides is 3. The van der Waals surface area contributed by atoms with Crippen molar-refractivity contribution in [3.8, 4) is 11.5 Å². The van der Waals surface area contributed by atoms with Gasteiger partial charge in [0.25, 0.3) is 0 Å². The molecule has 0 saturated carbocycles. The zero-order chi connectivity index (χ0) is 20.5. The first-order valence-electron chi connectivity index (χ1n) is 8.52. The van der Waals surface area contributed by atoms with Crippen molar-refractivity contribution in [1.82, 2.24) is 34.3 Å². The van der Waals surface area contributed by atoms with E-state index in [-0.39, 0.29) is 4.83 Å². The number of halogens is 4. The van der Waals surface area contributed by atoms with Crippen LogP contribution in [-0.2, 0) is 12.7 Å². The summed E-state index contributed by atoms with van der Waals surface area (Å²) in [5.41, 5.74) is 1.20. The van der Waals surface area contributed by atoms with Crippen LogP contribution in [0.15, 0.2) is 23.1 Å². The van der Waals surface area contributed by atoms with Crippen LogP contribution in [0, 0.1) is 6.92 Å². The van der Waals surface area contributed by atoms with Gasteiger partial charge < -0.3 is 0 Å². The minimum Gasteiger partial charge on any atom is -0.271 e. The second kappa shape index (κ2) is 6.20. The van der Waals surface area contributed by atoms with Gasteiger partial charge in [-0.15, -0.1) is 16.4 Å². The predicted molar refractivity (Wildman–Crippen MR) is 106 cm³/mol. The lowest BCUT2D eigenvalue weighted by Crippen LogP contribution is -2.07. The number of thiophene rings is 1. The van der Waals surface area contributed by atoms with Gasteiger partial charge in [0.2, 0.25) is 5.82 Å². The molecule has 29 heavy (non-hydrogen) atoms. The monoisotopic (exact) mass is 481 g/mol. The molecule has 5 aromatic rings. The second-order valence-electron chi connectivity index (χ2n) is 6.41. The molecule has 5 heterocycles. The Morgan fingerprint density at radius 2 is 2.00 bits per heavy atom. The SMILES string of the molecule is CCn1cc(Br)c(-c2nc3c4sc5nc(C(F)(F)F)cc(C)c5c4ncn3n2)n1. The number of nitrogens with zero attached hydrogens (tertiary/aromatic N) is 7. The van der Waals surface area contributed by atoms with Gasteiger partial charge >= 0.3 is 6.18 Å². The van der Waals surface area contributed by atoms with Gasteiger partial charge in [-0.25, -0.2) is 19.5 Å². The molecule has 148 valence electrons. The Hall–Kier alpha value is -2.60. The number of pyridine rings is 1. The molecule has 0 aliphatic carbocycles. The molecule has 0 unspecified atom stereocenters. The summed E-state index contributed by atoms with van der Waals surface area (Å²) in [7, 11) is 0. The van der Waals surface area contributed by atoms with Crippen molar-refractivity contribution in [3.63, 3.8) is 0 Å². The van der Waals surface area contributed by atoms with Crippen LogP contribution in [0.25, 0.3) is 37.6 Å². The molecule has 7 nitrogen and oxygen atoms in total. The quantitative estimate of drug-likeness (QED) is 0.359. The van der Waals surface area contributed by atoms with Crippen molar-refractivity contribution in [2.24, 2.45) is 0 Å². The van der Waals surface area contributed by atoms with Gasteiger partial charge in [0.05, 0.1) is 9.99 Å². The summed E-state index contributed by atoms with van der Waals surface area (Å²) < 4.78 is 44.1. The first kappa shape index (κ1) is 18.4. The maximum Gasteiger partial charge on any atom is 0.433 e. The van der Waals surface area contributed by atoms with E-state index in [1.165, 1.54) is 10.8 Å². The number of hydrogen-bond acceptors (Lipinski definition) is 6. The summed E-state index contributed by atoms with van der Waals surface area (Å²) in [5.74, 6) is 0.400. The average Bonchev–Trinajstić information content (AvgIpc) is 3.33. The van der Waals surface area contributed by atoms with Crippen molar-refractivity contribution in [3.05, 3.63) is 34.3 Å². The largest absolute Gasteiger partial charge is 0.433 e. The van der Waals surface area contributed by atoms with Crippen molar-refractivity contribution < 1.29 is 13.2 Å². The summed E-state index contributed by atoms with van der Waals surface area (Å²) in [5, 5.41) is 9.48.